The Balaban J connectivity index is 1.61. The SMILES string of the molecule is Cc1ccc(CNC(=O)c2ccc(Nc3cccc(C(F)(F)F)c3)cn2)cc1. The summed E-state index contributed by atoms with van der Waals surface area (Å²) in [6.45, 7) is 2.37. The van der Waals surface area contributed by atoms with Crippen molar-refractivity contribution in [3.63, 3.8) is 0 Å². The Kier molecular flexibility index (Phi) is 5.63. The molecule has 0 saturated heterocycles. The molecule has 0 atom stereocenters. The first-order valence-electron chi connectivity index (χ1n) is 8.55. The lowest BCUT2D eigenvalue weighted by Crippen LogP contribution is -2.23. The van der Waals surface area contributed by atoms with Gasteiger partial charge in [-0.05, 0) is 42.8 Å². The molecule has 0 aliphatic heterocycles. The van der Waals surface area contributed by atoms with E-state index in [1.54, 1.807) is 6.07 Å². The van der Waals surface area contributed by atoms with Crippen LogP contribution in [0.25, 0.3) is 0 Å². The van der Waals surface area contributed by atoms with Crippen LogP contribution in [0.15, 0.2) is 66.9 Å². The van der Waals surface area contributed by atoms with Gasteiger partial charge in [0.25, 0.3) is 5.91 Å². The quantitative estimate of drug-likeness (QED) is 0.644. The minimum absolute atomic E-state index is 0.224. The van der Waals surface area contributed by atoms with Crippen molar-refractivity contribution < 1.29 is 18.0 Å². The Morgan fingerprint density at radius 1 is 1.00 bits per heavy atom. The van der Waals surface area contributed by atoms with Gasteiger partial charge in [-0.25, -0.2) is 4.98 Å². The summed E-state index contributed by atoms with van der Waals surface area (Å²) in [6.07, 6.45) is -3.00. The Labute approximate surface area is 160 Å². The number of nitrogens with zero attached hydrogens (tertiary/aromatic N) is 1. The molecule has 0 aliphatic carbocycles. The number of amides is 1. The summed E-state index contributed by atoms with van der Waals surface area (Å²) >= 11 is 0. The van der Waals surface area contributed by atoms with E-state index in [1.807, 2.05) is 31.2 Å². The van der Waals surface area contributed by atoms with Gasteiger partial charge in [0, 0.05) is 12.2 Å². The van der Waals surface area contributed by atoms with Crippen molar-refractivity contribution in [2.24, 2.45) is 0 Å². The predicted octanol–water partition coefficient (Wildman–Crippen LogP) is 5.08. The van der Waals surface area contributed by atoms with Crippen molar-refractivity contribution in [2.75, 3.05) is 5.32 Å². The zero-order chi connectivity index (χ0) is 20.1. The lowest BCUT2D eigenvalue weighted by atomic mass is 10.1. The summed E-state index contributed by atoms with van der Waals surface area (Å²) in [6, 6.07) is 15.8. The zero-order valence-corrected chi connectivity index (χ0v) is 15.0. The average molecular weight is 385 g/mol. The van der Waals surface area contributed by atoms with E-state index >= 15 is 0 Å². The van der Waals surface area contributed by atoms with Crippen LogP contribution < -0.4 is 10.6 Å². The Morgan fingerprint density at radius 2 is 1.75 bits per heavy atom. The molecule has 0 aliphatic rings. The molecule has 0 radical (unpaired) electrons. The van der Waals surface area contributed by atoms with E-state index in [2.05, 4.69) is 15.6 Å². The van der Waals surface area contributed by atoms with E-state index in [0.717, 1.165) is 23.3 Å². The smallest absolute Gasteiger partial charge is 0.354 e. The average Bonchev–Trinajstić information content (AvgIpc) is 2.67. The van der Waals surface area contributed by atoms with Crippen molar-refractivity contribution in [3.8, 4) is 0 Å². The van der Waals surface area contributed by atoms with E-state index in [-0.39, 0.29) is 17.3 Å². The number of carbonyl (C=O) groups excluding carboxylic acids is 1. The van der Waals surface area contributed by atoms with Crippen LogP contribution in [-0.4, -0.2) is 10.9 Å². The van der Waals surface area contributed by atoms with Gasteiger partial charge in [0.1, 0.15) is 5.69 Å². The van der Waals surface area contributed by atoms with Gasteiger partial charge in [0.05, 0.1) is 17.4 Å². The third-order valence-corrected chi connectivity index (χ3v) is 4.05. The van der Waals surface area contributed by atoms with Gasteiger partial charge in [0.15, 0.2) is 0 Å². The molecule has 7 heteroatoms. The van der Waals surface area contributed by atoms with Crippen LogP contribution in [0.1, 0.15) is 27.2 Å². The molecule has 1 amide bonds. The second-order valence-electron chi connectivity index (χ2n) is 6.30. The maximum absolute atomic E-state index is 12.8. The van der Waals surface area contributed by atoms with Gasteiger partial charge in [-0.2, -0.15) is 13.2 Å². The molecule has 0 unspecified atom stereocenters. The third-order valence-electron chi connectivity index (χ3n) is 4.05. The molecule has 0 bridgehead atoms. The summed E-state index contributed by atoms with van der Waals surface area (Å²) in [4.78, 5) is 16.3. The number of hydrogen-bond donors (Lipinski definition) is 2. The fourth-order valence-electron chi connectivity index (χ4n) is 2.52. The van der Waals surface area contributed by atoms with E-state index < -0.39 is 11.7 Å². The van der Waals surface area contributed by atoms with Gasteiger partial charge >= 0.3 is 6.18 Å². The van der Waals surface area contributed by atoms with Gasteiger partial charge in [0.2, 0.25) is 0 Å². The molecule has 3 rings (SSSR count). The van der Waals surface area contributed by atoms with Crippen LogP contribution in [0.5, 0.6) is 0 Å². The van der Waals surface area contributed by atoms with E-state index in [9.17, 15) is 18.0 Å². The van der Waals surface area contributed by atoms with Crippen LogP contribution in [0, 0.1) is 6.92 Å². The highest BCUT2D eigenvalue weighted by atomic mass is 19.4. The lowest BCUT2D eigenvalue weighted by molar-refractivity contribution is -0.137. The summed E-state index contributed by atoms with van der Waals surface area (Å²) in [5.41, 5.74) is 2.37. The number of rotatable bonds is 5. The first-order chi connectivity index (χ1) is 13.3. The fourth-order valence-corrected chi connectivity index (χ4v) is 2.52. The Bertz CT molecular complexity index is 952. The molecule has 3 aromatic rings. The highest BCUT2D eigenvalue weighted by Gasteiger charge is 2.30. The lowest BCUT2D eigenvalue weighted by Gasteiger charge is -2.11. The normalized spacial score (nSPS) is 11.1. The summed E-state index contributed by atoms with van der Waals surface area (Å²) < 4.78 is 38.3. The molecule has 0 spiro atoms. The summed E-state index contributed by atoms with van der Waals surface area (Å²) in [7, 11) is 0. The molecule has 0 saturated carbocycles. The molecule has 0 fully saturated rings. The highest BCUT2D eigenvalue weighted by molar-refractivity contribution is 5.92. The van der Waals surface area contributed by atoms with Crippen molar-refractivity contribution in [1.29, 1.82) is 0 Å². The molecule has 4 nitrogen and oxygen atoms in total. The minimum Gasteiger partial charge on any atom is -0.354 e. The van der Waals surface area contributed by atoms with Crippen LogP contribution in [-0.2, 0) is 12.7 Å². The van der Waals surface area contributed by atoms with E-state index in [1.165, 1.54) is 24.4 Å². The number of halogens is 3. The molecule has 144 valence electrons. The maximum Gasteiger partial charge on any atom is 0.416 e. The number of carbonyl (C=O) groups is 1. The maximum atomic E-state index is 12.8. The standard InChI is InChI=1S/C21H18F3N3O/c1-14-5-7-15(8-6-14)12-26-20(28)19-10-9-18(13-25-19)27-17-4-2-3-16(11-17)21(22,23)24/h2-11,13,27H,12H2,1H3,(H,26,28). The molecule has 2 N–H and O–H groups in total. The number of hydrogen-bond acceptors (Lipinski definition) is 3. The summed E-state index contributed by atoms with van der Waals surface area (Å²) in [5, 5.41) is 5.63. The van der Waals surface area contributed by atoms with Crippen LogP contribution >= 0.6 is 0 Å². The van der Waals surface area contributed by atoms with E-state index in [0.29, 0.717) is 12.2 Å². The Hall–Kier alpha value is -3.35. The van der Waals surface area contributed by atoms with Crippen LogP contribution in [0.4, 0.5) is 24.5 Å². The second kappa shape index (κ2) is 8.12. The number of alkyl halides is 3. The number of nitrogens with one attached hydrogen (secondary N) is 2. The second-order valence-corrected chi connectivity index (χ2v) is 6.30. The molecular formula is C21H18F3N3O. The number of aryl methyl sites for hydroxylation is 1. The minimum atomic E-state index is -4.41. The molecule has 2 aromatic carbocycles. The van der Waals surface area contributed by atoms with Gasteiger partial charge in [-0.1, -0.05) is 35.9 Å². The van der Waals surface area contributed by atoms with E-state index in [4.69, 9.17) is 0 Å². The molecule has 28 heavy (non-hydrogen) atoms. The highest BCUT2D eigenvalue weighted by Crippen LogP contribution is 2.31. The predicted molar refractivity (Wildman–Crippen MR) is 101 cm³/mol. The molecule has 1 heterocycles. The van der Waals surface area contributed by atoms with Gasteiger partial charge in [-0.15, -0.1) is 0 Å². The van der Waals surface area contributed by atoms with Crippen molar-refractivity contribution >= 4 is 17.3 Å². The first kappa shape index (κ1) is 19.4. The number of aromatic nitrogens is 1. The van der Waals surface area contributed by atoms with Crippen molar-refractivity contribution in [2.45, 2.75) is 19.6 Å². The van der Waals surface area contributed by atoms with Crippen LogP contribution in [0.3, 0.4) is 0 Å². The third kappa shape index (κ3) is 5.09. The Morgan fingerprint density at radius 3 is 2.39 bits per heavy atom. The van der Waals surface area contributed by atoms with Gasteiger partial charge < -0.3 is 10.6 Å². The topological polar surface area (TPSA) is 54.0 Å². The van der Waals surface area contributed by atoms with Crippen LogP contribution in [0.2, 0.25) is 0 Å². The largest absolute Gasteiger partial charge is 0.416 e. The first-order valence-corrected chi connectivity index (χ1v) is 8.55. The number of benzene rings is 2. The molecular weight excluding hydrogens is 367 g/mol. The number of pyridine rings is 1. The number of anilines is 2. The fraction of sp³-hybridized carbons (Fsp3) is 0.143. The monoisotopic (exact) mass is 385 g/mol. The molecule has 1 aromatic heterocycles. The van der Waals surface area contributed by atoms with Crippen molar-refractivity contribution in [3.05, 3.63) is 89.2 Å². The van der Waals surface area contributed by atoms with Crippen molar-refractivity contribution in [1.82, 2.24) is 10.3 Å². The van der Waals surface area contributed by atoms with Gasteiger partial charge in [-0.3, -0.25) is 4.79 Å². The zero-order valence-electron chi connectivity index (χ0n) is 15.0. The summed E-state index contributed by atoms with van der Waals surface area (Å²) in [5.74, 6) is -0.328.